The van der Waals surface area contributed by atoms with Gasteiger partial charge in [-0.3, -0.25) is 0 Å². The van der Waals surface area contributed by atoms with Gasteiger partial charge in [-0.1, -0.05) is 35.5 Å². The average molecular weight is 264 g/mol. The van der Waals surface area contributed by atoms with Crippen LogP contribution in [0.4, 0.5) is 0 Å². The Morgan fingerprint density at radius 3 is 2.53 bits per heavy atom. The van der Waals surface area contributed by atoms with E-state index < -0.39 is 0 Å². The van der Waals surface area contributed by atoms with E-state index in [2.05, 4.69) is 22.3 Å². The van der Waals surface area contributed by atoms with Gasteiger partial charge in [0.05, 0.1) is 5.92 Å². The molecule has 0 aromatic heterocycles. The summed E-state index contributed by atoms with van der Waals surface area (Å²) in [6, 6.07) is 10.2. The van der Waals surface area contributed by atoms with Crippen LogP contribution < -0.4 is 11.1 Å². The molecule has 1 aromatic carbocycles. The molecule has 0 radical (unpaired) electrons. The maximum absolute atomic E-state index is 8.90. The quantitative estimate of drug-likeness (QED) is 0.298. The van der Waals surface area contributed by atoms with Crippen molar-refractivity contribution in [1.82, 2.24) is 10.2 Å². The first-order chi connectivity index (χ1) is 9.04. The molecule has 19 heavy (non-hydrogen) atoms. The van der Waals surface area contributed by atoms with Crippen molar-refractivity contribution in [3.8, 4) is 0 Å². The highest BCUT2D eigenvalue weighted by molar-refractivity contribution is 5.87. The minimum absolute atomic E-state index is 0.115. The molecule has 0 spiro atoms. The molecule has 0 bridgehead atoms. The maximum Gasteiger partial charge on any atom is 0.147 e. The molecule has 2 atom stereocenters. The lowest BCUT2D eigenvalue weighted by molar-refractivity contribution is 0.314. The molecular formula is C14H24N4O. The van der Waals surface area contributed by atoms with Crippen LogP contribution in [0.25, 0.3) is 0 Å². The van der Waals surface area contributed by atoms with Gasteiger partial charge in [0.15, 0.2) is 0 Å². The monoisotopic (exact) mass is 264 g/mol. The third-order valence-corrected chi connectivity index (χ3v) is 2.98. The summed E-state index contributed by atoms with van der Waals surface area (Å²) in [4.78, 5) is 2.12. The number of nitrogens with two attached hydrogens (primary N) is 1. The van der Waals surface area contributed by atoms with E-state index in [4.69, 9.17) is 10.9 Å². The molecule has 0 fully saturated rings. The molecule has 0 aliphatic heterocycles. The lowest BCUT2D eigenvalue weighted by atomic mass is 9.98. The molecule has 1 rings (SSSR count). The molecular weight excluding hydrogens is 240 g/mol. The molecule has 0 saturated heterocycles. The summed E-state index contributed by atoms with van der Waals surface area (Å²) >= 11 is 0. The van der Waals surface area contributed by atoms with Gasteiger partial charge >= 0.3 is 0 Å². The van der Waals surface area contributed by atoms with Crippen molar-refractivity contribution in [2.24, 2.45) is 10.9 Å². The van der Waals surface area contributed by atoms with Gasteiger partial charge in [-0.05, 0) is 26.6 Å². The van der Waals surface area contributed by atoms with Crippen LogP contribution in [0.1, 0.15) is 18.4 Å². The predicted octanol–water partition coefficient (Wildman–Crippen LogP) is 1.06. The highest BCUT2D eigenvalue weighted by Gasteiger charge is 2.17. The maximum atomic E-state index is 8.90. The van der Waals surface area contributed by atoms with Gasteiger partial charge < -0.3 is 21.2 Å². The highest BCUT2D eigenvalue weighted by atomic mass is 16.4. The zero-order valence-corrected chi connectivity index (χ0v) is 11.9. The van der Waals surface area contributed by atoms with Gasteiger partial charge in [-0.15, -0.1) is 0 Å². The van der Waals surface area contributed by atoms with Crippen LogP contribution in [-0.4, -0.2) is 49.2 Å². The lowest BCUT2D eigenvalue weighted by Gasteiger charge is -2.22. The van der Waals surface area contributed by atoms with Crippen molar-refractivity contribution in [2.45, 2.75) is 18.9 Å². The predicted molar refractivity (Wildman–Crippen MR) is 78.6 cm³/mol. The number of hydrogen-bond donors (Lipinski definition) is 3. The molecule has 5 heteroatoms. The number of hydrogen-bond acceptors (Lipinski definition) is 4. The van der Waals surface area contributed by atoms with Crippen LogP contribution in [0.15, 0.2) is 35.5 Å². The van der Waals surface area contributed by atoms with Crippen molar-refractivity contribution in [3.63, 3.8) is 0 Å². The Balaban J connectivity index is 2.67. The van der Waals surface area contributed by atoms with Crippen molar-refractivity contribution in [2.75, 3.05) is 27.2 Å². The average Bonchev–Trinajstić information content (AvgIpc) is 2.39. The Bertz CT molecular complexity index is 392. The molecule has 0 heterocycles. The Morgan fingerprint density at radius 1 is 1.37 bits per heavy atom. The van der Waals surface area contributed by atoms with E-state index in [0.717, 1.165) is 12.1 Å². The zero-order valence-electron chi connectivity index (χ0n) is 11.9. The van der Waals surface area contributed by atoms with Crippen LogP contribution in [0.5, 0.6) is 0 Å². The molecule has 5 nitrogen and oxygen atoms in total. The molecule has 2 unspecified atom stereocenters. The first-order valence-electron chi connectivity index (χ1n) is 6.45. The number of oxime groups is 1. The topological polar surface area (TPSA) is 73.9 Å². The first-order valence-corrected chi connectivity index (χ1v) is 6.45. The van der Waals surface area contributed by atoms with Gasteiger partial charge in [-0.2, -0.15) is 0 Å². The summed E-state index contributed by atoms with van der Waals surface area (Å²) in [5, 5.41) is 15.5. The number of rotatable bonds is 7. The Kier molecular flexibility index (Phi) is 6.32. The van der Waals surface area contributed by atoms with E-state index in [1.165, 1.54) is 0 Å². The van der Waals surface area contributed by atoms with E-state index in [1.54, 1.807) is 0 Å². The van der Waals surface area contributed by atoms with E-state index in [-0.39, 0.29) is 11.8 Å². The Labute approximate surface area is 115 Å². The second-order valence-corrected chi connectivity index (χ2v) is 5.06. The number of benzene rings is 1. The van der Waals surface area contributed by atoms with E-state index in [1.807, 2.05) is 44.4 Å². The van der Waals surface area contributed by atoms with Crippen molar-refractivity contribution in [1.29, 1.82) is 0 Å². The standard InChI is InChI=1S/C14H24N4O/c1-11(10-18(2)3)16-9-13(14(15)17-19)12-7-5-4-6-8-12/h4-8,11,13,16,19H,9-10H2,1-3H3,(H2,15,17). The smallest absolute Gasteiger partial charge is 0.147 e. The minimum atomic E-state index is -0.115. The SMILES string of the molecule is CC(CN(C)C)NCC(/C(N)=N/O)c1ccccc1. The molecule has 0 aliphatic rings. The van der Waals surface area contributed by atoms with E-state index >= 15 is 0 Å². The summed E-state index contributed by atoms with van der Waals surface area (Å²) in [6.45, 7) is 3.71. The molecule has 0 aliphatic carbocycles. The summed E-state index contributed by atoms with van der Waals surface area (Å²) in [6.07, 6.45) is 0. The molecule has 0 saturated carbocycles. The van der Waals surface area contributed by atoms with Crippen LogP contribution in [0.2, 0.25) is 0 Å². The van der Waals surface area contributed by atoms with Gasteiger partial charge in [0.1, 0.15) is 5.84 Å². The zero-order chi connectivity index (χ0) is 14.3. The van der Waals surface area contributed by atoms with Gasteiger partial charge in [0, 0.05) is 19.1 Å². The number of nitrogens with zero attached hydrogens (tertiary/aromatic N) is 2. The third-order valence-electron chi connectivity index (χ3n) is 2.98. The lowest BCUT2D eigenvalue weighted by Crippen LogP contribution is -2.40. The molecule has 1 aromatic rings. The normalized spacial score (nSPS) is 15.5. The second-order valence-electron chi connectivity index (χ2n) is 5.06. The first kappa shape index (κ1) is 15.5. The van der Waals surface area contributed by atoms with Crippen LogP contribution in [-0.2, 0) is 0 Å². The summed E-state index contributed by atoms with van der Waals surface area (Å²) in [7, 11) is 4.08. The van der Waals surface area contributed by atoms with Crippen molar-refractivity contribution >= 4 is 5.84 Å². The second kappa shape index (κ2) is 7.76. The van der Waals surface area contributed by atoms with Gasteiger partial charge in [0.25, 0.3) is 0 Å². The number of nitrogens with one attached hydrogen (secondary N) is 1. The van der Waals surface area contributed by atoms with Crippen LogP contribution in [0, 0.1) is 0 Å². The Morgan fingerprint density at radius 2 is 2.00 bits per heavy atom. The molecule has 106 valence electrons. The van der Waals surface area contributed by atoms with E-state index in [0.29, 0.717) is 12.6 Å². The van der Waals surface area contributed by atoms with Gasteiger partial charge in [0.2, 0.25) is 0 Å². The summed E-state index contributed by atoms with van der Waals surface area (Å²) < 4.78 is 0. The molecule has 4 N–H and O–H groups in total. The largest absolute Gasteiger partial charge is 0.409 e. The van der Waals surface area contributed by atoms with E-state index in [9.17, 15) is 0 Å². The van der Waals surface area contributed by atoms with Crippen molar-refractivity contribution < 1.29 is 5.21 Å². The third kappa shape index (κ3) is 5.28. The molecule has 0 amide bonds. The summed E-state index contributed by atoms with van der Waals surface area (Å²) in [5.74, 6) is 0.117. The van der Waals surface area contributed by atoms with Crippen LogP contribution >= 0.6 is 0 Å². The number of amidine groups is 1. The summed E-state index contributed by atoms with van der Waals surface area (Å²) in [5.41, 5.74) is 6.83. The Hall–Kier alpha value is -1.59. The fourth-order valence-electron chi connectivity index (χ4n) is 2.08. The highest BCUT2D eigenvalue weighted by Crippen LogP contribution is 2.15. The fourth-order valence-corrected chi connectivity index (χ4v) is 2.08. The number of likely N-dealkylation sites (N-methyl/N-ethyl adjacent to an activating group) is 1. The van der Waals surface area contributed by atoms with Crippen LogP contribution in [0.3, 0.4) is 0 Å². The van der Waals surface area contributed by atoms with Gasteiger partial charge in [-0.25, -0.2) is 0 Å². The minimum Gasteiger partial charge on any atom is -0.409 e. The fraction of sp³-hybridized carbons (Fsp3) is 0.500. The van der Waals surface area contributed by atoms with Crippen molar-refractivity contribution in [3.05, 3.63) is 35.9 Å².